The number of carbonyl (C=O) groups excluding carboxylic acids is 2. The van der Waals surface area contributed by atoms with Gasteiger partial charge in [0.25, 0.3) is 0 Å². The van der Waals surface area contributed by atoms with Crippen molar-refractivity contribution in [2.24, 2.45) is 17.8 Å². The van der Waals surface area contributed by atoms with Gasteiger partial charge >= 0.3 is 11.9 Å². The van der Waals surface area contributed by atoms with E-state index in [1.807, 2.05) is 70.3 Å². The van der Waals surface area contributed by atoms with Gasteiger partial charge in [-0.15, -0.1) is 0 Å². The highest BCUT2D eigenvalue weighted by atomic mass is 35.5. The van der Waals surface area contributed by atoms with Gasteiger partial charge in [0.05, 0.1) is 36.1 Å². The average Bonchev–Trinajstić information content (AvgIpc) is 3.25. The number of rotatable bonds is 11. The van der Waals surface area contributed by atoms with Crippen LogP contribution in [0.1, 0.15) is 98.6 Å². The van der Waals surface area contributed by atoms with E-state index in [1.54, 1.807) is 12.1 Å². The molecule has 0 bridgehead atoms. The monoisotopic (exact) mass is 727 g/mol. The summed E-state index contributed by atoms with van der Waals surface area (Å²) in [4.78, 5) is 28.2. The number of methoxy groups -OCH3 is 1. The second kappa shape index (κ2) is 16.1. The van der Waals surface area contributed by atoms with E-state index in [0.29, 0.717) is 36.2 Å². The molecule has 7 nitrogen and oxygen atoms in total. The number of hydrogen-bond donors (Lipinski definition) is 0. The average molecular weight is 728 g/mol. The molecule has 1 fully saturated rings. The SMILES string of the molecule is CO[C@H](/C(C)=C/C(C)CCOC(=O)c1ccccc1)[C@@H]1CC[C@H]1CN1C[C@@]2(CCCc3cc(Cl)ccc32)COc2ccc(C(=O)OC(C)(C)C)cc21. The smallest absolute Gasteiger partial charge is 0.338 e. The number of benzene rings is 3. The van der Waals surface area contributed by atoms with E-state index in [-0.39, 0.29) is 29.4 Å². The van der Waals surface area contributed by atoms with Gasteiger partial charge in [-0.2, -0.15) is 0 Å². The first kappa shape index (κ1) is 37.9. The third-order valence-corrected chi connectivity index (χ3v) is 11.3. The largest absolute Gasteiger partial charge is 0.490 e. The molecule has 3 aliphatic rings. The number of carbonyl (C=O) groups is 2. The van der Waals surface area contributed by atoms with Crippen LogP contribution < -0.4 is 9.64 Å². The van der Waals surface area contributed by atoms with Crippen LogP contribution in [0.4, 0.5) is 5.69 Å². The zero-order valence-electron chi connectivity index (χ0n) is 31.6. The lowest BCUT2D eigenvalue weighted by Gasteiger charge is -2.46. The van der Waals surface area contributed by atoms with E-state index in [4.69, 9.17) is 30.5 Å². The van der Waals surface area contributed by atoms with Gasteiger partial charge in [-0.3, -0.25) is 0 Å². The van der Waals surface area contributed by atoms with Crippen molar-refractivity contribution in [1.29, 1.82) is 0 Å². The number of halogens is 1. The van der Waals surface area contributed by atoms with Gasteiger partial charge in [-0.25, -0.2) is 9.59 Å². The third-order valence-electron chi connectivity index (χ3n) is 11.1. The first-order valence-electron chi connectivity index (χ1n) is 18.8. The number of fused-ring (bicyclic) bond motifs is 3. The van der Waals surface area contributed by atoms with Crippen LogP contribution in [0.5, 0.6) is 5.75 Å². The van der Waals surface area contributed by atoms with Crippen LogP contribution >= 0.6 is 11.6 Å². The quantitative estimate of drug-likeness (QED) is 0.144. The summed E-state index contributed by atoms with van der Waals surface area (Å²) < 4.78 is 24.3. The summed E-state index contributed by atoms with van der Waals surface area (Å²) in [5.74, 6) is 1.12. The van der Waals surface area contributed by atoms with Crippen molar-refractivity contribution in [3.05, 3.63) is 106 Å². The first-order chi connectivity index (χ1) is 24.9. The van der Waals surface area contributed by atoms with E-state index in [2.05, 4.69) is 37.0 Å². The molecule has 2 aliphatic carbocycles. The summed E-state index contributed by atoms with van der Waals surface area (Å²) in [5, 5.41) is 0.765. The van der Waals surface area contributed by atoms with E-state index in [1.165, 1.54) is 16.7 Å². The molecule has 1 spiro atoms. The molecule has 278 valence electrons. The van der Waals surface area contributed by atoms with Gasteiger partial charge in [0.2, 0.25) is 0 Å². The summed E-state index contributed by atoms with van der Waals surface area (Å²) in [5.41, 5.74) is 5.05. The highest BCUT2D eigenvalue weighted by Gasteiger charge is 2.45. The number of hydrogen-bond acceptors (Lipinski definition) is 7. The molecular weight excluding hydrogens is 674 g/mol. The summed E-state index contributed by atoms with van der Waals surface area (Å²) in [7, 11) is 1.81. The van der Waals surface area contributed by atoms with Crippen molar-refractivity contribution in [1.82, 2.24) is 0 Å². The lowest BCUT2D eigenvalue weighted by molar-refractivity contribution is 0.00592. The fourth-order valence-corrected chi connectivity index (χ4v) is 8.60. The summed E-state index contributed by atoms with van der Waals surface area (Å²) in [6.07, 6.45) is 8.26. The Morgan fingerprint density at radius 3 is 2.54 bits per heavy atom. The lowest BCUT2D eigenvalue weighted by Crippen LogP contribution is -2.50. The molecule has 6 rings (SSSR count). The minimum Gasteiger partial charge on any atom is -0.490 e. The van der Waals surface area contributed by atoms with Crippen molar-refractivity contribution in [3.8, 4) is 5.75 Å². The van der Waals surface area contributed by atoms with Crippen LogP contribution in [0.25, 0.3) is 0 Å². The van der Waals surface area contributed by atoms with Gasteiger partial charge in [0.1, 0.15) is 11.4 Å². The number of nitrogens with zero attached hydrogens (tertiary/aromatic N) is 1. The van der Waals surface area contributed by atoms with Gasteiger partial charge in [0.15, 0.2) is 0 Å². The Morgan fingerprint density at radius 2 is 1.83 bits per heavy atom. The maximum absolute atomic E-state index is 13.3. The highest BCUT2D eigenvalue weighted by Crippen LogP contribution is 2.47. The highest BCUT2D eigenvalue weighted by molar-refractivity contribution is 6.30. The fourth-order valence-electron chi connectivity index (χ4n) is 8.40. The Labute approximate surface area is 314 Å². The van der Waals surface area contributed by atoms with E-state index < -0.39 is 5.60 Å². The van der Waals surface area contributed by atoms with Crippen LogP contribution in [0.3, 0.4) is 0 Å². The number of allylic oxidation sites excluding steroid dienone is 1. The number of ether oxygens (including phenoxy) is 4. The molecule has 1 heterocycles. The van der Waals surface area contributed by atoms with E-state index >= 15 is 0 Å². The van der Waals surface area contributed by atoms with Gasteiger partial charge in [-0.05, 0) is 143 Å². The summed E-state index contributed by atoms with van der Waals surface area (Å²) in [6, 6.07) is 21.2. The van der Waals surface area contributed by atoms with Gasteiger partial charge < -0.3 is 23.8 Å². The number of esters is 2. The molecule has 0 saturated heterocycles. The molecule has 1 aliphatic heterocycles. The molecule has 0 radical (unpaired) electrons. The molecular formula is C44H54ClNO6. The molecule has 3 aromatic rings. The van der Waals surface area contributed by atoms with Gasteiger partial charge in [-0.1, -0.05) is 48.9 Å². The van der Waals surface area contributed by atoms with E-state index in [9.17, 15) is 9.59 Å². The minimum absolute atomic E-state index is 0.0182. The maximum atomic E-state index is 13.3. The molecule has 52 heavy (non-hydrogen) atoms. The zero-order chi connectivity index (χ0) is 37.0. The molecule has 0 amide bonds. The Balaban J connectivity index is 1.21. The topological polar surface area (TPSA) is 74.3 Å². The van der Waals surface area contributed by atoms with Crippen LogP contribution in [-0.2, 0) is 26.0 Å². The number of anilines is 1. The Hall–Kier alpha value is -3.81. The molecule has 8 heteroatoms. The van der Waals surface area contributed by atoms with Crippen molar-refractivity contribution in [3.63, 3.8) is 0 Å². The molecule has 5 atom stereocenters. The van der Waals surface area contributed by atoms with Crippen LogP contribution in [0, 0.1) is 17.8 Å². The molecule has 0 aromatic heterocycles. The second-order valence-corrected chi connectivity index (χ2v) is 16.6. The van der Waals surface area contributed by atoms with Crippen molar-refractivity contribution < 1.29 is 28.5 Å². The van der Waals surface area contributed by atoms with Crippen molar-refractivity contribution >= 4 is 29.2 Å². The van der Waals surface area contributed by atoms with E-state index in [0.717, 1.165) is 68.1 Å². The lowest BCUT2D eigenvalue weighted by atomic mass is 9.67. The van der Waals surface area contributed by atoms with Crippen LogP contribution in [-0.4, -0.2) is 57.1 Å². The molecule has 3 aromatic carbocycles. The Kier molecular flexibility index (Phi) is 11.7. The second-order valence-electron chi connectivity index (χ2n) is 16.1. The predicted molar refractivity (Wildman–Crippen MR) is 207 cm³/mol. The predicted octanol–water partition coefficient (Wildman–Crippen LogP) is 9.64. The minimum atomic E-state index is -0.596. The van der Waals surface area contributed by atoms with Gasteiger partial charge in [0, 0.05) is 30.6 Å². The molecule has 1 saturated carbocycles. The summed E-state index contributed by atoms with van der Waals surface area (Å²) in [6.45, 7) is 12.5. The van der Waals surface area contributed by atoms with Crippen molar-refractivity contribution in [2.45, 2.75) is 90.3 Å². The molecule has 0 N–H and O–H groups in total. The number of aryl methyl sites for hydroxylation is 1. The Morgan fingerprint density at radius 1 is 1.04 bits per heavy atom. The maximum Gasteiger partial charge on any atom is 0.338 e. The molecule has 1 unspecified atom stereocenters. The third kappa shape index (κ3) is 8.69. The standard InChI is InChI=1S/C44H54ClNO6/c1-29(20-22-50-41(47)31-11-8-7-9-12-31)23-30(2)40(49-6)36-17-14-34(36)26-46-27-44(21-10-13-32-24-35(45)16-18-37(32)44)28-51-39-19-15-33(25-38(39)46)42(48)52-43(3,4)5/h7-9,11-12,15-16,18-19,23-25,29,34,36,40H,10,13-14,17,20-22,26-28H2,1-6H3/b30-23+/t29?,34-,36+,40+,44-/m0/s1. The van der Waals surface area contributed by atoms with Crippen LogP contribution in [0.15, 0.2) is 78.4 Å². The van der Waals surface area contributed by atoms with Crippen molar-refractivity contribution in [2.75, 3.05) is 38.3 Å². The zero-order valence-corrected chi connectivity index (χ0v) is 32.3. The fraction of sp³-hybridized carbons (Fsp3) is 0.500. The Bertz CT molecular complexity index is 1770. The summed E-state index contributed by atoms with van der Waals surface area (Å²) >= 11 is 6.48. The van der Waals surface area contributed by atoms with Crippen LogP contribution in [0.2, 0.25) is 5.02 Å². The first-order valence-corrected chi connectivity index (χ1v) is 19.2. The normalized spacial score (nSPS) is 22.6.